The molecule has 0 saturated heterocycles. The van der Waals surface area contributed by atoms with Gasteiger partial charge in [0.25, 0.3) is 11.3 Å². The Morgan fingerprint density at radius 1 is 1.24 bits per heavy atom. The van der Waals surface area contributed by atoms with Gasteiger partial charge in [-0.05, 0) is 24.7 Å². The molecule has 1 aliphatic carbocycles. The number of carbonyl (C=O) groups is 1. The molecule has 3 rings (SSSR count). The van der Waals surface area contributed by atoms with Gasteiger partial charge in [-0.25, -0.2) is 0 Å². The summed E-state index contributed by atoms with van der Waals surface area (Å²) < 4.78 is 42.8. The molecule has 160 valence electrons. The Morgan fingerprint density at radius 3 is 2.34 bits per heavy atom. The van der Waals surface area contributed by atoms with Gasteiger partial charge in [0.2, 0.25) is 0 Å². The number of rotatable bonds is 3. The van der Waals surface area contributed by atoms with Gasteiger partial charge in [-0.1, -0.05) is 51.1 Å². The molecule has 0 bridgehead atoms. The number of benzene rings is 1. The average Bonchev–Trinajstić information content (AvgIpc) is 2.82. The number of alkyl halides is 3. The Hall–Kier alpha value is -2.09. The van der Waals surface area contributed by atoms with Crippen LogP contribution in [0, 0.1) is 23.0 Å². The van der Waals surface area contributed by atoms with E-state index in [1.807, 2.05) is 20.8 Å². The van der Waals surface area contributed by atoms with Crippen molar-refractivity contribution in [3.63, 3.8) is 0 Å². The molecule has 2 aliphatic rings. The van der Waals surface area contributed by atoms with E-state index in [2.05, 4.69) is 0 Å². The third kappa shape index (κ3) is 2.95. The molecule has 1 aliphatic heterocycles. The number of hydrogen-bond acceptors (Lipinski definition) is 3. The smallest absolute Gasteiger partial charge is 0.432 e. The fourth-order valence-corrected chi connectivity index (χ4v) is 5.12. The van der Waals surface area contributed by atoms with Gasteiger partial charge in [-0.15, -0.1) is 0 Å². The molecule has 1 heterocycles. The Morgan fingerprint density at radius 2 is 1.83 bits per heavy atom. The fraction of sp³-hybridized carbons (Fsp3) is 0.619. The number of carbonyl (C=O) groups excluding carboxylic acids is 1. The van der Waals surface area contributed by atoms with E-state index in [1.54, 1.807) is 0 Å². The molecular formula is C21H27F3N2O3. The number of halogens is 3. The maximum atomic E-state index is 14.2. The van der Waals surface area contributed by atoms with Gasteiger partial charge in [0, 0.05) is 24.9 Å². The highest BCUT2D eigenvalue weighted by molar-refractivity contribution is 6.41. The maximum absolute atomic E-state index is 14.2. The van der Waals surface area contributed by atoms with Crippen molar-refractivity contribution >= 4 is 11.6 Å². The van der Waals surface area contributed by atoms with Crippen LogP contribution in [0.1, 0.15) is 45.6 Å². The van der Waals surface area contributed by atoms with Crippen molar-refractivity contribution in [2.45, 2.75) is 57.5 Å². The molecule has 1 aromatic rings. The lowest BCUT2D eigenvalue weighted by Crippen LogP contribution is -2.59. The zero-order chi connectivity index (χ0) is 21.8. The lowest BCUT2D eigenvalue weighted by atomic mass is 9.69. The first-order chi connectivity index (χ1) is 13.4. The first-order valence-electron chi connectivity index (χ1n) is 9.86. The SMILES string of the molecule is CC(C)[C@@H]1CC[C@@H](C)C[C@@]12N(C)C(=O)C([C@@](O)(c1ccccc1)C(F)(F)F)=[N+]2[O-]. The standard InChI is InChI=1S/C21H27F3N2O3/c1-13(2)16-11-10-14(3)12-19(16)25(4)18(27)17(26(19)29)20(28,21(22,23)24)15-8-6-5-7-9-15/h5-9,13-14,16,28H,10-12H2,1-4H3/t14-,16+,19+,20+/m1/s1. The number of hydroxylamine groups is 1. The number of aliphatic hydroxyl groups is 1. The van der Waals surface area contributed by atoms with E-state index in [1.165, 1.54) is 25.2 Å². The summed E-state index contributed by atoms with van der Waals surface area (Å²) in [7, 11) is 1.37. The topological polar surface area (TPSA) is 66.6 Å². The molecule has 0 radical (unpaired) electrons. The summed E-state index contributed by atoms with van der Waals surface area (Å²) in [6, 6.07) is 6.33. The van der Waals surface area contributed by atoms with E-state index in [-0.39, 0.29) is 28.9 Å². The second kappa shape index (κ2) is 7.00. The molecule has 1 aromatic carbocycles. The van der Waals surface area contributed by atoms with Crippen LogP contribution in [0.5, 0.6) is 0 Å². The highest BCUT2D eigenvalue weighted by Crippen LogP contribution is 2.50. The van der Waals surface area contributed by atoms with Gasteiger partial charge in [0.05, 0.1) is 0 Å². The van der Waals surface area contributed by atoms with E-state index in [9.17, 15) is 28.3 Å². The third-order valence-corrected chi connectivity index (χ3v) is 6.61. The number of nitrogens with zero attached hydrogens (tertiary/aromatic N) is 2. The summed E-state index contributed by atoms with van der Waals surface area (Å²) >= 11 is 0. The van der Waals surface area contributed by atoms with Gasteiger partial charge in [-0.3, -0.25) is 9.69 Å². The molecule has 8 heteroatoms. The molecule has 1 fully saturated rings. The molecule has 0 aromatic heterocycles. The van der Waals surface area contributed by atoms with Crippen molar-refractivity contribution in [3.8, 4) is 0 Å². The van der Waals surface area contributed by atoms with Crippen molar-refractivity contribution in [1.29, 1.82) is 0 Å². The van der Waals surface area contributed by atoms with Gasteiger partial charge >= 0.3 is 17.8 Å². The lowest BCUT2D eigenvalue weighted by molar-refractivity contribution is -0.591. The second-order valence-corrected chi connectivity index (χ2v) is 8.70. The van der Waals surface area contributed by atoms with Crippen LogP contribution in [-0.2, 0) is 10.4 Å². The number of amides is 1. The summed E-state index contributed by atoms with van der Waals surface area (Å²) in [5, 5.41) is 24.5. The maximum Gasteiger partial charge on any atom is 0.432 e. The van der Waals surface area contributed by atoms with E-state index < -0.39 is 34.6 Å². The summed E-state index contributed by atoms with van der Waals surface area (Å²) in [6.07, 6.45) is -3.54. The summed E-state index contributed by atoms with van der Waals surface area (Å²) in [6.45, 7) is 5.73. The van der Waals surface area contributed by atoms with E-state index in [0.717, 1.165) is 23.5 Å². The van der Waals surface area contributed by atoms with Crippen LogP contribution in [0.2, 0.25) is 0 Å². The van der Waals surface area contributed by atoms with Crippen molar-refractivity contribution in [2.24, 2.45) is 17.8 Å². The lowest BCUT2D eigenvalue weighted by Gasteiger charge is -2.46. The Kier molecular flexibility index (Phi) is 5.22. The van der Waals surface area contributed by atoms with E-state index in [0.29, 0.717) is 6.42 Å². The van der Waals surface area contributed by atoms with E-state index in [4.69, 9.17) is 0 Å². The quantitative estimate of drug-likeness (QED) is 0.609. The van der Waals surface area contributed by atoms with Crippen LogP contribution in [0.15, 0.2) is 30.3 Å². The van der Waals surface area contributed by atoms with Crippen molar-refractivity contribution in [1.82, 2.24) is 4.90 Å². The van der Waals surface area contributed by atoms with Crippen LogP contribution in [-0.4, -0.2) is 45.3 Å². The number of hydrogen-bond donors (Lipinski definition) is 1. The van der Waals surface area contributed by atoms with Crippen LogP contribution in [0.4, 0.5) is 13.2 Å². The van der Waals surface area contributed by atoms with Crippen LogP contribution >= 0.6 is 0 Å². The van der Waals surface area contributed by atoms with Crippen molar-refractivity contribution in [2.75, 3.05) is 7.05 Å². The van der Waals surface area contributed by atoms with Gasteiger partial charge in [-0.2, -0.15) is 17.9 Å². The molecule has 1 saturated carbocycles. The van der Waals surface area contributed by atoms with Crippen molar-refractivity contribution in [3.05, 3.63) is 41.1 Å². The molecule has 1 N–H and O–H groups in total. The van der Waals surface area contributed by atoms with Crippen LogP contribution < -0.4 is 0 Å². The molecule has 5 nitrogen and oxygen atoms in total. The first-order valence-corrected chi connectivity index (χ1v) is 9.86. The zero-order valence-corrected chi connectivity index (χ0v) is 17.0. The summed E-state index contributed by atoms with van der Waals surface area (Å²) in [4.78, 5) is 14.3. The minimum atomic E-state index is -5.25. The minimum absolute atomic E-state index is 0.0238. The first kappa shape index (κ1) is 21.6. The molecule has 29 heavy (non-hydrogen) atoms. The van der Waals surface area contributed by atoms with E-state index >= 15 is 0 Å². The Labute approximate surface area is 168 Å². The highest BCUT2D eigenvalue weighted by atomic mass is 19.4. The summed E-state index contributed by atoms with van der Waals surface area (Å²) in [5.41, 5.74) is -6.84. The van der Waals surface area contributed by atoms with Crippen LogP contribution in [0.25, 0.3) is 0 Å². The fourth-order valence-electron chi connectivity index (χ4n) is 5.12. The van der Waals surface area contributed by atoms with Gasteiger partial charge < -0.3 is 10.3 Å². The largest absolute Gasteiger partial charge is 0.622 e. The monoisotopic (exact) mass is 412 g/mol. The molecule has 1 amide bonds. The molecule has 4 atom stereocenters. The predicted molar refractivity (Wildman–Crippen MR) is 102 cm³/mol. The summed E-state index contributed by atoms with van der Waals surface area (Å²) in [5.74, 6) is -1.35. The highest BCUT2D eigenvalue weighted by Gasteiger charge is 2.72. The second-order valence-electron chi connectivity index (χ2n) is 8.70. The van der Waals surface area contributed by atoms with Gasteiger partial charge in [0.1, 0.15) is 0 Å². The average molecular weight is 412 g/mol. The van der Waals surface area contributed by atoms with Gasteiger partial charge in [0.15, 0.2) is 0 Å². The molecule has 1 spiro atoms. The molecular weight excluding hydrogens is 385 g/mol. The van der Waals surface area contributed by atoms with Crippen molar-refractivity contribution < 1.29 is 27.8 Å². The third-order valence-electron chi connectivity index (χ3n) is 6.61. The Balaban J connectivity index is 2.31. The minimum Gasteiger partial charge on any atom is -0.622 e. The predicted octanol–water partition coefficient (Wildman–Crippen LogP) is 3.65. The zero-order valence-electron chi connectivity index (χ0n) is 17.0. The Bertz CT molecular complexity index is 824. The normalized spacial score (nSPS) is 30.4. The molecule has 0 unspecified atom stereocenters. The van der Waals surface area contributed by atoms with Crippen LogP contribution in [0.3, 0.4) is 0 Å².